The van der Waals surface area contributed by atoms with Gasteiger partial charge in [0.2, 0.25) is 5.88 Å². The first-order chi connectivity index (χ1) is 8.72. The van der Waals surface area contributed by atoms with Crippen LogP contribution in [0.1, 0.15) is 12.5 Å². The SMILES string of the molecule is CCc1ccc(Oc2cc(Cl)ncn2)c(OC)c1. The Bertz CT molecular complexity index is 546. The molecule has 0 N–H and O–H groups in total. The number of methoxy groups -OCH3 is 1. The van der Waals surface area contributed by atoms with E-state index in [1.165, 1.54) is 11.9 Å². The zero-order valence-corrected chi connectivity index (χ0v) is 10.9. The van der Waals surface area contributed by atoms with Gasteiger partial charge in [0.05, 0.1) is 7.11 Å². The Hall–Kier alpha value is -1.81. The molecule has 1 heterocycles. The molecule has 2 aromatic rings. The summed E-state index contributed by atoms with van der Waals surface area (Å²) in [6, 6.07) is 7.33. The van der Waals surface area contributed by atoms with E-state index in [0.717, 1.165) is 6.42 Å². The number of aromatic nitrogens is 2. The zero-order valence-electron chi connectivity index (χ0n) is 10.2. The molecule has 18 heavy (non-hydrogen) atoms. The van der Waals surface area contributed by atoms with E-state index in [9.17, 15) is 0 Å². The van der Waals surface area contributed by atoms with E-state index in [0.29, 0.717) is 22.5 Å². The Balaban J connectivity index is 2.28. The molecule has 0 radical (unpaired) electrons. The van der Waals surface area contributed by atoms with E-state index >= 15 is 0 Å². The summed E-state index contributed by atoms with van der Waals surface area (Å²) in [6.45, 7) is 2.08. The Morgan fingerprint density at radius 3 is 2.67 bits per heavy atom. The summed E-state index contributed by atoms with van der Waals surface area (Å²) in [5, 5.41) is 0.337. The zero-order chi connectivity index (χ0) is 13.0. The van der Waals surface area contributed by atoms with Crippen LogP contribution in [0.15, 0.2) is 30.6 Å². The van der Waals surface area contributed by atoms with Crippen molar-refractivity contribution in [2.24, 2.45) is 0 Å². The van der Waals surface area contributed by atoms with E-state index in [1.54, 1.807) is 13.2 Å². The van der Waals surface area contributed by atoms with E-state index in [1.807, 2.05) is 18.2 Å². The fourth-order valence-corrected chi connectivity index (χ4v) is 1.64. The average molecular weight is 265 g/mol. The monoisotopic (exact) mass is 264 g/mol. The molecule has 0 fully saturated rings. The minimum absolute atomic E-state index is 0.337. The van der Waals surface area contributed by atoms with Crippen molar-refractivity contribution < 1.29 is 9.47 Å². The average Bonchev–Trinajstić information content (AvgIpc) is 2.39. The van der Waals surface area contributed by atoms with Crippen LogP contribution in [0, 0.1) is 0 Å². The van der Waals surface area contributed by atoms with Gasteiger partial charge in [0.1, 0.15) is 11.5 Å². The highest BCUT2D eigenvalue weighted by Crippen LogP contribution is 2.31. The standard InChI is InChI=1S/C13H13ClN2O2/c1-3-9-4-5-10(11(6-9)17-2)18-13-7-12(14)15-8-16-13/h4-8H,3H2,1-2H3. The smallest absolute Gasteiger partial charge is 0.223 e. The fourth-order valence-electron chi connectivity index (χ4n) is 1.50. The van der Waals surface area contributed by atoms with Crippen LogP contribution in [-0.2, 0) is 6.42 Å². The highest BCUT2D eigenvalue weighted by molar-refractivity contribution is 6.29. The van der Waals surface area contributed by atoms with Gasteiger partial charge in [-0.1, -0.05) is 24.6 Å². The van der Waals surface area contributed by atoms with Gasteiger partial charge in [0, 0.05) is 6.07 Å². The molecule has 0 spiro atoms. The van der Waals surface area contributed by atoms with Crippen LogP contribution in [-0.4, -0.2) is 17.1 Å². The van der Waals surface area contributed by atoms with Crippen LogP contribution >= 0.6 is 11.6 Å². The highest BCUT2D eigenvalue weighted by Gasteiger charge is 2.07. The van der Waals surface area contributed by atoms with Crippen LogP contribution in [0.3, 0.4) is 0 Å². The third-order valence-corrected chi connectivity index (χ3v) is 2.67. The minimum Gasteiger partial charge on any atom is -0.493 e. The lowest BCUT2D eigenvalue weighted by Gasteiger charge is -2.10. The number of ether oxygens (including phenoxy) is 2. The van der Waals surface area contributed by atoms with Gasteiger partial charge in [-0.2, -0.15) is 0 Å². The number of hydrogen-bond acceptors (Lipinski definition) is 4. The van der Waals surface area contributed by atoms with Crippen LogP contribution in [0.4, 0.5) is 0 Å². The molecule has 5 heteroatoms. The van der Waals surface area contributed by atoms with Crippen molar-refractivity contribution in [2.75, 3.05) is 7.11 Å². The molecule has 0 unspecified atom stereocenters. The van der Waals surface area contributed by atoms with Crippen molar-refractivity contribution in [3.8, 4) is 17.4 Å². The van der Waals surface area contributed by atoms with Crippen LogP contribution < -0.4 is 9.47 Å². The molecule has 2 rings (SSSR count). The maximum atomic E-state index is 5.77. The van der Waals surface area contributed by atoms with E-state index in [-0.39, 0.29) is 0 Å². The number of nitrogens with zero attached hydrogens (tertiary/aromatic N) is 2. The van der Waals surface area contributed by atoms with Crippen LogP contribution in [0.2, 0.25) is 5.15 Å². The number of aryl methyl sites for hydroxylation is 1. The first-order valence-corrected chi connectivity index (χ1v) is 5.93. The fraction of sp³-hybridized carbons (Fsp3) is 0.231. The first kappa shape index (κ1) is 12.6. The normalized spacial score (nSPS) is 10.2. The van der Waals surface area contributed by atoms with Gasteiger partial charge >= 0.3 is 0 Å². The molecule has 1 aromatic carbocycles. The van der Waals surface area contributed by atoms with Crippen molar-refractivity contribution in [1.82, 2.24) is 9.97 Å². The molecule has 4 nitrogen and oxygen atoms in total. The molecule has 0 saturated carbocycles. The van der Waals surface area contributed by atoms with Gasteiger partial charge < -0.3 is 9.47 Å². The molecule has 1 aromatic heterocycles. The summed E-state index contributed by atoms with van der Waals surface area (Å²) in [5.74, 6) is 1.66. The molecule has 0 aliphatic carbocycles. The van der Waals surface area contributed by atoms with Crippen molar-refractivity contribution in [2.45, 2.75) is 13.3 Å². The molecule has 94 valence electrons. The summed E-state index contributed by atoms with van der Waals surface area (Å²) in [6.07, 6.45) is 2.29. The van der Waals surface area contributed by atoms with Crippen molar-refractivity contribution in [3.05, 3.63) is 41.3 Å². The van der Waals surface area contributed by atoms with Gasteiger partial charge in [0.15, 0.2) is 11.5 Å². The molecular formula is C13H13ClN2O2. The summed E-state index contributed by atoms with van der Waals surface area (Å²) in [5.41, 5.74) is 1.18. The number of rotatable bonds is 4. The van der Waals surface area contributed by atoms with Crippen molar-refractivity contribution in [1.29, 1.82) is 0 Å². The Morgan fingerprint density at radius 2 is 2.00 bits per heavy atom. The van der Waals surface area contributed by atoms with Gasteiger partial charge in [0.25, 0.3) is 0 Å². The van der Waals surface area contributed by atoms with Gasteiger partial charge in [-0.3, -0.25) is 0 Å². The molecule has 0 amide bonds. The second-order valence-corrected chi connectivity index (χ2v) is 4.01. The van der Waals surface area contributed by atoms with Gasteiger partial charge in [-0.15, -0.1) is 0 Å². The van der Waals surface area contributed by atoms with E-state index < -0.39 is 0 Å². The lowest BCUT2D eigenvalue weighted by Crippen LogP contribution is -1.94. The lowest BCUT2D eigenvalue weighted by molar-refractivity contribution is 0.373. The van der Waals surface area contributed by atoms with Crippen molar-refractivity contribution in [3.63, 3.8) is 0 Å². The minimum atomic E-state index is 0.337. The van der Waals surface area contributed by atoms with Crippen molar-refractivity contribution >= 4 is 11.6 Å². The molecule has 0 bridgehead atoms. The summed E-state index contributed by atoms with van der Waals surface area (Å²) < 4.78 is 10.9. The van der Waals surface area contributed by atoms with E-state index in [2.05, 4.69) is 16.9 Å². The highest BCUT2D eigenvalue weighted by atomic mass is 35.5. The van der Waals surface area contributed by atoms with Gasteiger partial charge in [-0.25, -0.2) is 9.97 Å². The van der Waals surface area contributed by atoms with Crippen LogP contribution in [0.5, 0.6) is 17.4 Å². The number of halogens is 1. The Kier molecular flexibility index (Phi) is 3.99. The molecule has 0 aliphatic rings. The maximum Gasteiger partial charge on any atom is 0.223 e. The quantitative estimate of drug-likeness (QED) is 0.793. The first-order valence-electron chi connectivity index (χ1n) is 5.55. The number of benzene rings is 1. The molecule has 0 atom stereocenters. The summed E-state index contributed by atoms with van der Waals surface area (Å²) in [7, 11) is 1.61. The van der Waals surface area contributed by atoms with Gasteiger partial charge in [-0.05, 0) is 24.1 Å². The second-order valence-electron chi connectivity index (χ2n) is 3.62. The van der Waals surface area contributed by atoms with Crippen LogP contribution in [0.25, 0.3) is 0 Å². The topological polar surface area (TPSA) is 44.2 Å². The number of hydrogen-bond donors (Lipinski definition) is 0. The molecule has 0 aliphatic heterocycles. The largest absolute Gasteiger partial charge is 0.493 e. The Labute approximate surface area is 111 Å². The molecule has 0 saturated heterocycles. The lowest BCUT2D eigenvalue weighted by atomic mass is 10.1. The second kappa shape index (κ2) is 5.69. The third kappa shape index (κ3) is 2.90. The maximum absolute atomic E-state index is 5.77. The predicted molar refractivity (Wildman–Crippen MR) is 69.5 cm³/mol. The predicted octanol–water partition coefficient (Wildman–Crippen LogP) is 3.49. The van der Waals surface area contributed by atoms with E-state index in [4.69, 9.17) is 21.1 Å². The Morgan fingerprint density at radius 1 is 1.17 bits per heavy atom. The summed E-state index contributed by atoms with van der Waals surface area (Å²) in [4.78, 5) is 7.77. The summed E-state index contributed by atoms with van der Waals surface area (Å²) >= 11 is 5.77. The molecular weight excluding hydrogens is 252 g/mol. The third-order valence-electron chi connectivity index (χ3n) is 2.46.